The lowest BCUT2D eigenvalue weighted by atomic mass is 9.77. The van der Waals surface area contributed by atoms with Crippen molar-refractivity contribution in [1.82, 2.24) is 0 Å². The van der Waals surface area contributed by atoms with E-state index < -0.39 is 25.3 Å². The van der Waals surface area contributed by atoms with E-state index in [1.165, 1.54) is 6.07 Å². The number of carbonyl (C=O) groups is 2. The fraction of sp³-hybridized carbons (Fsp3) is 0.385. The van der Waals surface area contributed by atoms with Crippen molar-refractivity contribution in [1.29, 1.82) is 0 Å². The summed E-state index contributed by atoms with van der Waals surface area (Å²) < 4.78 is 14.9. The largest absolute Gasteiger partial charge is 0.513 e. The number of carboxylic acids is 1. The number of rotatable bonds is 4. The molecule has 1 aliphatic heterocycles. The van der Waals surface area contributed by atoms with Crippen LogP contribution in [0.5, 0.6) is 5.75 Å². The van der Waals surface area contributed by atoms with Crippen LogP contribution in [-0.4, -0.2) is 36.0 Å². The predicted octanol–water partition coefficient (Wildman–Crippen LogP) is 0.764. The van der Waals surface area contributed by atoms with Gasteiger partial charge in [-0.1, -0.05) is 0 Å². The standard InChI is InChI=1S/C13H15BO7/c1-3-19-13(17)20-8-4-7(2)12-9(5-8)14(18)21-10(12)6-11(15)16/h4-5,10,18H,3,6H2,1-2H3,(H,15,16). The molecule has 0 saturated carbocycles. The second-order valence-corrected chi connectivity index (χ2v) is 4.60. The highest BCUT2D eigenvalue weighted by Crippen LogP contribution is 2.31. The van der Waals surface area contributed by atoms with Gasteiger partial charge in [0.05, 0.1) is 19.1 Å². The lowest BCUT2D eigenvalue weighted by Gasteiger charge is -2.13. The van der Waals surface area contributed by atoms with Crippen LogP contribution in [0.15, 0.2) is 12.1 Å². The molecule has 1 aliphatic rings. The first kappa shape index (κ1) is 15.3. The number of hydrogen-bond donors (Lipinski definition) is 2. The van der Waals surface area contributed by atoms with Gasteiger partial charge in [0.1, 0.15) is 5.75 Å². The van der Waals surface area contributed by atoms with Crippen LogP contribution in [0.25, 0.3) is 0 Å². The van der Waals surface area contributed by atoms with Crippen molar-refractivity contribution in [3.8, 4) is 5.75 Å². The van der Waals surface area contributed by atoms with Gasteiger partial charge in [0.15, 0.2) is 0 Å². The Morgan fingerprint density at radius 1 is 1.43 bits per heavy atom. The number of carbonyl (C=O) groups excluding carboxylic acids is 1. The minimum absolute atomic E-state index is 0.190. The van der Waals surface area contributed by atoms with E-state index in [9.17, 15) is 14.6 Å². The van der Waals surface area contributed by atoms with Crippen LogP contribution in [0, 0.1) is 6.92 Å². The van der Waals surface area contributed by atoms with Crippen molar-refractivity contribution in [2.75, 3.05) is 6.61 Å². The summed E-state index contributed by atoms with van der Waals surface area (Å²) in [7, 11) is -1.24. The number of ether oxygens (including phenoxy) is 2. The van der Waals surface area contributed by atoms with Crippen LogP contribution in [0.3, 0.4) is 0 Å². The van der Waals surface area contributed by atoms with Gasteiger partial charge in [-0.25, -0.2) is 4.79 Å². The highest BCUT2D eigenvalue weighted by molar-refractivity contribution is 6.62. The maximum absolute atomic E-state index is 11.3. The molecule has 2 N–H and O–H groups in total. The Balaban J connectivity index is 2.28. The van der Waals surface area contributed by atoms with Gasteiger partial charge < -0.3 is 24.3 Å². The van der Waals surface area contributed by atoms with Crippen molar-refractivity contribution in [3.63, 3.8) is 0 Å². The summed E-state index contributed by atoms with van der Waals surface area (Å²) in [5.41, 5.74) is 1.69. The molecule has 0 bridgehead atoms. The average molecular weight is 294 g/mol. The van der Waals surface area contributed by atoms with E-state index in [1.807, 2.05) is 0 Å². The molecule has 0 aromatic heterocycles. The predicted molar refractivity (Wildman–Crippen MR) is 72.5 cm³/mol. The Labute approximate surface area is 121 Å². The normalized spacial score (nSPS) is 16.5. The fourth-order valence-electron chi connectivity index (χ4n) is 2.34. The Kier molecular flexibility index (Phi) is 4.49. The molecule has 1 unspecified atom stereocenters. The zero-order valence-corrected chi connectivity index (χ0v) is 11.7. The Bertz CT molecular complexity index is 572. The summed E-state index contributed by atoms with van der Waals surface area (Å²) in [6.07, 6.45) is -1.81. The smallest absolute Gasteiger partial charge is 0.481 e. The van der Waals surface area contributed by atoms with Crippen LogP contribution < -0.4 is 10.2 Å². The minimum Gasteiger partial charge on any atom is -0.481 e. The van der Waals surface area contributed by atoms with E-state index in [4.69, 9.17) is 14.5 Å². The van der Waals surface area contributed by atoms with E-state index in [0.29, 0.717) is 16.6 Å². The summed E-state index contributed by atoms with van der Waals surface area (Å²) in [5.74, 6) is -0.811. The van der Waals surface area contributed by atoms with Gasteiger partial charge in [0, 0.05) is 0 Å². The molecule has 7 nitrogen and oxygen atoms in total. The van der Waals surface area contributed by atoms with Crippen molar-refractivity contribution in [2.45, 2.75) is 26.4 Å². The molecule has 0 saturated heterocycles. The summed E-state index contributed by atoms with van der Waals surface area (Å²) >= 11 is 0. The van der Waals surface area contributed by atoms with E-state index >= 15 is 0 Å². The van der Waals surface area contributed by atoms with Gasteiger partial charge in [-0.2, -0.15) is 0 Å². The third-order valence-corrected chi connectivity index (χ3v) is 3.10. The van der Waals surface area contributed by atoms with Crippen LogP contribution >= 0.6 is 0 Å². The lowest BCUT2D eigenvalue weighted by molar-refractivity contribution is -0.138. The second kappa shape index (κ2) is 6.15. The summed E-state index contributed by atoms with van der Waals surface area (Å²) in [4.78, 5) is 22.1. The summed E-state index contributed by atoms with van der Waals surface area (Å²) in [6.45, 7) is 3.57. The Morgan fingerprint density at radius 2 is 2.14 bits per heavy atom. The SMILES string of the molecule is CCOC(=O)Oc1cc(C)c2c(c1)B(O)OC2CC(=O)O. The molecule has 112 valence electrons. The molecule has 0 aliphatic carbocycles. The quantitative estimate of drug-likeness (QED) is 0.480. The molecule has 0 fully saturated rings. The summed E-state index contributed by atoms with van der Waals surface area (Å²) in [5, 5.41) is 18.7. The molecule has 0 spiro atoms. The Hall–Kier alpha value is -2.06. The number of carboxylic acid groups (broad SMARTS) is 1. The van der Waals surface area contributed by atoms with Crippen molar-refractivity contribution in [2.24, 2.45) is 0 Å². The van der Waals surface area contributed by atoms with Gasteiger partial charge in [-0.3, -0.25) is 4.79 Å². The zero-order chi connectivity index (χ0) is 15.6. The molecule has 1 atom stereocenters. The van der Waals surface area contributed by atoms with Gasteiger partial charge in [0.2, 0.25) is 0 Å². The van der Waals surface area contributed by atoms with Crippen LogP contribution in [0.4, 0.5) is 4.79 Å². The number of aryl methyl sites for hydroxylation is 1. The zero-order valence-electron chi connectivity index (χ0n) is 11.7. The second-order valence-electron chi connectivity index (χ2n) is 4.60. The molecule has 1 heterocycles. The van der Waals surface area contributed by atoms with Crippen molar-refractivity contribution >= 4 is 24.7 Å². The molecular weight excluding hydrogens is 279 g/mol. The average Bonchev–Trinajstić information content (AvgIpc) is 2.65. The highest BCUT2D eigenvalue weighted by Gasteiger charge is 2.38. The number of aliphatic carboxylic acids is 1. The van der Waals surface area contributed by atoms with E-state index in [2.05, 4.69) is 4.74 Å². The fourth-order valence-corrected chi connectivity index (χ4v) is 2.34. The maximum atomic E-state index is 11.3. The first-order valence-corrected chi connectivity index (χ1v) is 6.46. The molecule has 21 heavy (non-hydrogen) atoms. The molecule has 0 radical (unpaired) electrons. The van der Waals surface area contributed by atoms with Crippen LogP contribution in [0.1, 0.15) is 30.6 Å². The van der Waals surface area contributed by atoms with Crippen molar-refractivity contribution in [3.05, 3.63) is 23.3 Å². The molecule has 2 rings (SSSR count). The Morgan fingerprint density at radius 3 is 2.76 bits per heavy atom. The number of fused-ring (bicyclic) bond motifs is 1. The maximum Gasteiger partial charge on any atom is 0.513 e. The third-order valence-electron chi connectivity index (χ3n) is 3.10. The van der Waals surface area contributed by atoms with Gasteiger partial charge in [-0.15, -0.1) is 0 Å². The van der Waals surface area contributed by atoms with Crippen LogP contribution in [0.2, 0.25) is 0 Å². The first-order valence-electron chi connectivity index (χ1n) is 6.46. The first-order chi connectivity index (χ1) is 9.92. The number of benzene rings is 1. The minimum atomic E-state index is -1.24. The summed E-state index contributed by atoms with van der Waals surface area (Å²) in [6, 6.07) is 3.03. The van der Waals surface area contributed by atoms with Gasteiger partial charge in [0.25, 0.3) is 0 Å². The molecule has 8 heteroatoms. The molecule has 1 aromatic rings. The van der Waals surface area contributed by atoms with Crippen LogP contribution in [-0.2, 0) is 14.2 Å². The molecule has 1 aromatic carbocycles. The molecule has 0 amide bonds. The lowest BCUT2D eigenvalue weighted by Crippen LogP contribution is -2.28. The third kappa shape index (κ3) is 3.34. The van der Waals surface area contributed by atoms with E-state index in [0.717, 1.165) is 0 Å². The monoisotopic (exact) mass is 294 g/mol. The highest BCUT2D eigenvalue weighted by atomic mass is 16.7. The van der Waals surface area contributed by atoms with E-state index in [-0.39, 0.29) is 18.8 Å². The van der Waals surface area contributed by atoms with E-state index in [1.54, 1.807) is 19.9 Å². The number of hydrogen-bond acceptors (Lipinski definition) is 6. The van der Waals surface area contributed by atoms with Gasteiger partial charge in [-0.05, 0) is 42.6 Å². The van der Waals surface area contributed by atoms with Gasteiger partial charge >= 0.3 is 19.2 Å². The molecular formula is C13H15BO7. The van der Waals surface area contributed by atoms with Crippen molar-refractivity contribution < 1.29 is 33.8 Å². The topological polar surface area (TPSA) is 102 Å².